The van der Waals surface area contributed by atoms with Crippen molar-refractivity contribution in [2.45, 2.75) is 77.4 Å². The van der Waals surface area contributed by atoms with Crippen LogP contribution in [0, 0.1) is 0 Å². The largest absolute Gasteiger partial charge is 0.420 e. The van der Waals surface area contributed by atoms with Crippen molar-refractivity contribution >= 4 is 8.32 Å². The van der Waals surface area contributed by atoms with Gasteiger partial charge in [-0.2, -0.15) is 0 Å². The highest BCUT2D eigenvalue weighted by Gasteiger charge is 2.18. The molecule has 3 heteroatoms. The van der Waals surface area contributed by atoms with Gasteiger partial charge in [-0.1, -0.05) is 58.3 Å². The van der Waals surface area contributed by atoms with Crippen molar-refractivity contribution in [3.05, 3.63) is 0 Å². The monoisotopic (exact) mass is 250 g/mol. The standard InChI is InChI=1S/C13H30OSi.FH/c1-5-6-7-8-9-10-11-12-13-15(3,4)14-2;/h5-13H2,1-4H3;1H. The molecule has 0 saturated heterocycles. The summed E-state index contributed by atoms with van der Waals surface area (Å²) in [5, 5.41) is 0. The third kappa shape index (κ3) is 12.2. The van der Waals surface area contributed by atoms with Gasteiger partial charge in [-0.3, -0.25) is 4.70 Å². The van der Waals surface area contributed by atoms with Crippen molar-refractivity contribution in [2.24, 2.45) is 0 Å². The molecule has 0 aromatic heterocycles. The van der Waals surface area contributed by atoms with E-state index in [4.69, 9.17) is 4.43 Å². The Bertz CT molecular complexity index is 140. The Morgan fingerprint density at radius 3 is 1.69 bits per heavy atom. The highest BCUT2D eigenvalue weighted by Crippen LogP contribution is 2.16. The van der Waals surface area contributed by atoms with E-state index >= 15 is 0 Å². The molecule has 0 aliphatic heterocycles. The van der Waals surface area contributed by atoms with Crippen LogP contribution in [0.5, 0.6) is 0 Å². The van der Waals surface area contributed by atoms with Crippen molar-refractivity contribution in [2.75, 3.05) is 7.11 Å². The van der Waals surface area contributed by atoms with Crippen LogP contribution in [-0.2, 0) is 4.43 Å². The van der Waals surface area contributed by atoms with Crippen LogP contribution in [0.1, 0.15) is 58.3 Å². The van der Waals surface area contributed by atoms with Gasteiger partial charge in [0.2, 0.25) is 0 Å². The first-order chi connectivity index (χ1) is 7.12. The lowest BCUT2D eigenvalue weighted by Gasteiger charge is -2.19. The molecule has 0 N–H and O–H groups in total. The van der Waals surface area contributed by atoms with Gasteiger partial charge in [-0.05, 0) is 19.1 Å². The molecular formula is C13H31FOSi. The first-order valence-corrected chi connectivity index (χ1v) is 9.79. The molecule has 0 fully saturated rings. The summed E-state index contributed by atoms with van der Waals surface area (Å²) in [7, 11) is 0.614. The van der Waals surface area contributed by atoms with E-state index in [1.54, 1.807) is 0 Å². The van der Waals surface area contributed by atoms with Gasteiger partial charge in [-0.15, -0.1) is 0 Å². The topological polar surface area (TPSA) is 9.23 Å². The molecule has 0 aromatic rings. The molecule has 0 unspecified atom stereocenters. The van der Waals surface area contributed by atoms with Crippen molar-refractivity contribution in [3.8, 4) is 0 Å². The van der Waals surface area contributed by atoms with Crippen molar-refractivity contribution in [3.63, 3.8) is 0 Å². The van der Waals surface area contributed by atoms with E-state index in [-0.39, 0.29) is 4.70 Å². The quantitative estimate of drug-likeness (QED) is 0.386. The first kappa shape index (κ1) is 18.5. The highest BCUT2D eigenvalue weighted by molar-refractivity contribution is 6.71. The summed E-state index contributed by atoms with van der Waals surface area (Å²) in [5.74, 6) is 0. The molecule has 0 aliphatic rings. The Balaban J connectivity index is 0. The van der Waals surface area contributed by atoms with Crippen LogP contribution < -0.4 is 0 Å². The van der Waals surface area contributed by atoms with Crippen LogP contribution in [-0.4, -0.2) is 15.4 Å². The molecule has 0 aromatic carbocycles. The summed E-state index contributed by atoms with van der Waals surface area (Å²) < 4.78 is 5.54. The van der Waals surface area contributed by atoms with Gasteiger partial charge >= 0.3 is 0 Å². The molecule has 0 saturated carbocycles. The van der Waals surface area contributed by atoms with Gasteiger partial charge in [0.25, 0.3) is 0 Å². The van der Waals surface area contributed by atoms with Crippen LogP contribution in [0.4, 0.5) is 4.70 Å². The van der Waals surface area contributed by atoms with E-state index in [9.17, 15) is 0 Å². The van der Waals surface area contributed by atoms with E-state index in [0.717, 1.165) is 0 Å². The number of rotatable bonds is 10. The molecule has 0 atom stereocenters. The minimum Gasteiger partial charge on any atom is -0.420 e. The molecular weight excluding hydrogens is 219 g/mol. The lowest BCUT2D eigenvalue weighted by molar-refractivity contribution is 0.400. The van der Waals surface area contributed by atoms with Gasteiger partial charge in [0.15, 0.2) is 8.32 Å². The van der Waals surface area contributed by atoms with Crippen LogP contribution in [0.25, 0.3) is 0 Å². The van der Waals surface area contributed by atoms with Crippen molar-refractivity contribution < 1.29 is 9.13 Å². The van der Waals surface area contributed by atoms with Crippen LogP contribution >= 0.6 is 0 Å². The molecule has 1 nitrogen and oxygen atoms in total. The lowest BCUT2D eigenvalue weighted by Crippen LogP contribution is -2.27. The number of unbranched alkanes of at least 4 members (excludes halogenated alkanes) is 7. The number of hydrogen-bond acceptors (Lipinski definition) is 1. The van der Waals surface area contributed by atoms with E-state index in [0.29, 0.717) is 0 Å². The summed E-state index contributed by atoms with van der Waals surface area (Å²) in [4.78, 5) is 0. The molecule has 100 valence electrons. The molecule has 0 spiro atoms. The SMILES string of the molecule is CCCCCCCCCC[Si](C)(C)OC.F. The highest BCUT2D eigenvalue weighted by atomic mass is 28.4. The second kappa shape index (κ2) is 11.6. The average molecular weight is 250 g/mol. The Kier molecular flexibility index (Phi) is 13.4. The van der Waals surface area contributed by atoms with Crippen LogP contribution in [0.3, 0.4) is 0 Å². The zero-order valence-corrected chi connectivity index (χ0v) is 12.7. The normalized spacial score (nSPS) is 11.2. The molecule has 0 aliphatic carbocycles. The average Bonchev–Trinajstić information content (AvgIpc) is 2.22. The second-order valence-corrected chi connectivity index (χ2v) is 9.62. The maximum Gasteiger partial charge on any atom is 0.186 e. The summed E-state index contributed by atoms with van der Waals surface area (Å²) in [6, 6.07) is 1.33. The van der Waals surface area contributed by atoms with E-state index in [1.165, 1.54) is 57.4 Å². The summed E-state index contributed by atoms with van der Waals surface area (Å²) in [6.45, 7) is 6.90. The smallest absolute Gasteiger partial charge is 0.186 e. The number of halogens is 1. The first-order valence-electron chi connectivity index (χ1n) is 6.67. The molecule has 0 radical (unpaired) electrons. The van der Waals surface area contributed by atoms with Gasteiger partial charge in [0.05, 0.1) is 0 Å². The summed E-state index contributed by atoms with van der Waals surface area (Å²) in [5.41, 5.74) is 0. The third-order valence-corrected chi connectivity index (χ3v) is 5.85. The van der Waals surface area contributed by atoms with Gasteiger partial charge in [0, 0.05) is 7.11 Å². The molecule has 0 amide bonds. The second-order valence-electron chi connectivity index (χ2n) is 5.19. The van der Waals surface area contributed by atoms with Crippen LogP contribution in [0.2, 0.25) is 19.1 Å². The Labute approximate surface area is 102 Å². The Hall–Kier alpha value is 0.107. The Morgan fingerprint density at radius 2 is 1.25 bits per heavy atom. The minimum atomic E-state index is -1.26. The van der Waals surface area contributed by atoms with Gasteiger partial charge in [0.1, 0.15) is 0 Å². The number of hydrogen-bond donors (Lipinski definition) is 0. The fourth-order valence-electron chi connectivity index (χ4n) is 1.79. The van der Waals surface area contributed by atoms with Crippen molar-refractivity contribution in [1.29, 1.82) is 0 Å². The lowest BCUT2D eigenvalue weighted by atomic mass is 10.1. The minimum absolute atomic E-state index is 0. The predicted octanol–water partition coefficient (Wildman–Crippen LogP) is 5.13. The van der Waals surface area contributed by atoms with Crippen LogP contribution in [0.15, 0.2) is 0 Å². The summed E-state index contributed by atoms with van der Waals surface area (Å²) >= 11 is 0. The zero-order valence-electron chi connectivity index (χ0n) is 11.7. The summed E-state index contributed by atoms with van der Waals surface area (Å²) in [6.07, 6.45) is 11.3. The Morgan fingerprint density at radius 1 is 0.812 bits per heavy atom. The van der Waals surface area contributed by atoms with E-state index in [1.807, 2.05) is 7.11 Å². The van der Waals surface area contributed by atoms with Gasteiger partial charge in [-0.25, -0.2) is 0 Å². The molecule has 0 heterocycles. The fraction of sp³-hybridized carbons (Fsp3) is 1.00. The third-order valence-electron chi connectivity index (χ3n) is 3.18. The maximum absolute atomic E-state index is 5.54. The fourth-order valence-corrected chi connectivity index (χ4v) is 3.09. The van der Waals surface area contributed by atoms with E-state index in [2.05, 4.69) is 20.0 Å². The molecule has 0 bridgehead atoms. The zero-order chi connectivity index (χ0) is 11.6. The van der Waals surface area contributed by atoms with Crippen molar-refractivity contribution in [1.82, 2.24) is 0 Å². The molecule has 16 heavy (non-hydrogen) atoms. The molecule has 0 rings (SSSR count). The van der Waals surface area contributed by atoms with E-state index < -0.39 is 8.32 Å². The van der Waals surface area contributed by atoms with Gasteiger partial charge < -0.3 is 4.43 Å². The predicted molar refractivity (Wildman–Crippen MR) is 74.4 cm³/mol. The maximum atomic E-state index is 5.54.